The summed E-state index contributed by atoms with van der Waals surface area (Å²) in [5.41, 5.74) is 0.461. The molecule has 0 saturated heterocycles. The zero-order valence-corrected chi connectivity index (χ0v) is 12.1. The second-order valence-corrected chi connectivity index (χ2v) is 4.81. The van der Waals surface area contributed by atoms with Crippen molar-refractivity contribution in [2.75, 3.05) is 14.2 Å². The highest BCUT2D eigenvalue weighted by Gasteiger charge is 2.20. The topological polar surface area (TPSA) is 52.6 Å². The van der Waals surface area contributed by atoms with Crippen molar-refractivity contribution in [2.24, 2.45) is 5.92 Å². The molecule has 0 amide bonds. The minimum Gasteiger partial charge on any atom is -0.496 e. The molecule has 0 heterocycles. The Morgan fingerprint density at radius 2 is 2.00 bits per heavy atom. The van der Waals surface area contributed by atoms with Crippen LogP contribution in [-0.4, -0.2) is 26.0 Å². The molecule has 98 valence electrons. The molecule has 0 N–H and O–H groups in total. The van der Waals surface area contributed by atoms with Crippen LogP contribution in [0.5, 0.6) is 5.75 Å². The zero-order chi connectivity index (χ0) is 13.7. The van der Waals surface area contributed by atoms with Crippen LogP contribution in [0.15, 0.2) is 22.7 Å². The second-order valence-electron chi connectivity index (χ2n) is 3.90. The average Bonchev–Trinajstić information content (AvgIpc) is 2.37. The molecule has 0 aliphatic carbocycles. The van der Waals surface area contributed by atoms with Crippen LogP contribution < -0.4 is 4.74 Å². The number of benzene rings is 1. The van der Waals surface area contributed by atoms with Gasteiger partial charge in [0.25, 0.3) is 0 Å². The predicted molar refractivity (Wildman–Crippen MR) is 70.8 cm³/mol. The van der Waals surface area contributed by atoms with Crippen LogP contribution >= 0.6 is 15.9 Å². The molecular weight excluding hydrogens is 300 g/mol. The number of hydrogen-bond acceptors (Lipinski definition) is 4. The summed E-state index contributed by atoms with van der Waals surface area (Å²) in [7, 11) is 2.81. The van der Waals surface area contributed by atoms with Crippen molar-refractivity contribution in [3.8, 4) is 5.75 Å². The summed E-state index contributed by atoms with van der Waals surface area (Å²) in [5, 5.41) is 0. The van der Waals surface area contributed by atoms with E-state index in [2.05, 4.69) is 20.7 Å². The molecule has 18 heavy (non-hydrogen) atoms. The molecule has 1 aromatic rings. The van der Waals surface area contributed by atoms with Gasteiger partial charge in [0.15, 0.2) is 5.78 Å². The van der Waals surface area contributed by atoms with Crippen molar-refractivity contribution in [3.63, 3.8) is 0 Å². The van der Waals surface area contributed by atoms with Crippen LogP contribution in [0.1, 0.15) is 23.7 Å². The third kappa shape index (κ3) is 3.57. The maximum atomic E-state index is 12.1. The van der Waals surface area contributed by atoms with E-state index in [9.17, 15) is 9.59 Å². The first-order valence-electron chi connectivity index (χ1n) is 5.44. The number of methoxy groups -OCH3 is 2. The smallest absolute Gasteiger partial charge is 0.308 e. The van der Waals surface area contributed by atoms with Gasteiger partial charge in [-0.1, -0.05) is 22.9 Å². The van der Waals surface area contributed by atoms with Crippen LogP contribution in [0, 0.1) is 5.92 Å². The quantitative estimate of drug-likeness (QED) is 0.619. The molecule has 0 aliphatic rings. The Balaban J connectivity index is 2.90. The van der Waals surface area contributed by atoms with E-state index in [4.69, 9.17) is 4.74 Å². The SMILES string of the molecule is COC(=O)C(C)CC(=O)c1cc(Br)ccc1OC. The normalized spacial score (nSPS) is 11.8. The molecule has 1 rings (SSSR count). The summed E-state index contributed by atoms with van der Waals surface area (Å²) >= 11 is 3.30. The highest BCUT2D eigenvalue weighted by molar-refractivity contribution is 9.10. The third-order valence-corrected chi connectivity index (χ3v) is 3.05. The summed E-state index contributed by atoms with van der Waals surface area (Å²) in [4.78, 5) is 23.4. The van der Waals surface area contributed by atoms with Crippen LogP contribution in [0.4, 0.5) is 0 Å². The summed E-state index contributed by atoms with van der Waals surface area (Å²) in [6.07, 6.45) is 0.0967. The molecule has 0 spiro atoms. The fraction of sp³-hybridized carbons (Fsp3) is 0.385. The van der Waals surface area contributed by atoms with Crippen LogP contribution in [-0.2, 0) is 9.53 Å². The minimum atomic E-state index is -0.466. The molecule has 1 atom stereocenters. The van der Waals surface area contributed by atoms with Crippen molar-refractivity contribution in [1.82, 2.24) is 0 Å². The van der Waals surface area contributed by atoms with E-state index in [1.54, 1.807) is 25.1 Å². The number of Topliss-reactive ketones (excluding diaryl/α,β-unsaturated/α-hetero) is 1. The molecule has 1 aromatic carbocycles. The molecule has 1 unspecified atom stereocenters. The number of halogens is 1. The molecule has 4 nitrogen and oxygen atoms in total. The first-order valence-corrected chi connectivity index (χ1v) is 6.23. The Kier molecular flexibility index (Phi) is 5.34. The number of ether oxygens (including phenoxy) is 2. The zero-order valence-electron chi connectivity index (χ0n) is 10.5. The van der Waals surface area contributed by atoms with Gasteiger partial charge >= 0.3 is 5.97 Å². The molecule has 0 radical (unpaired) electrons. The molecule has 5 heteroatoms. The van der Waals surface area contributed by atoms with Gasteiger partial charge in [-0.15, -0.1) is 0 Å². The summed E-state index contributed by atoms with van der Waals surface area (Å²) in [5.74, 6) is -0.505. The van der Waals surface area contributed by atoms with Gasteiger partial charge in [0.1, 0.15) is 5.75 Å². The molecular formula is C13H15BrO4. The number of carbonyl (C=O) groups excluding carboxylic acids is 2. The molecule has 0 saturated carbocycles. The lowest BCUT2D eigenvalue weighted by molar-refractivity contribution is -0.144. The van der Waals surface area contributed by atoms with Gasteiger partial charge in [0.05, 0.1) is 25.7 Å². The van der Waals surface area contributed by atoms with E-state index in [-0.39, 0.29) is 12.2 Å². The van der Waals surface area contributed by atoms with Crippen molar-refractivity contribution >= 4 is 27.7 Å². The number of esters is 1. The van der Waals surface area contributed by atoms with Gasteiger partial charge in [-0.2, -0.15) is 0 Å². The maximum absolute atomic E-state index is 12.1. The Labute approximate surface area is 114 Å². The molecule has 0 fully saturated rings. The fourth-order valence-electron chi connectivity index (χ4n) is 1.57. The van der Waals surface area contributed by atoms with Crippen molar-refractivity contribution in [2.45, 2.75) is 13.3 Å². The lowest BCUT2D eigenvalue weighted by atomic mass is 9.99. The van der Waals surface area contributed by atoms with Crippen molar-refractivity contribution < 1.29 is 19.1 Å². The Hall–Kier alpha value is -1.36. The standard InChI is InChI=1S/C13H15BrO4/c1-8(13(16)18-3)6-11(15)10-7-9(14)4-5-12(10)17-2/h4-5,7-8H,6H2,1-3H3. The lowest BCUT2D eigenvalue weighted by Crippen LogP contribution is -2.17. The summed E-state index contributed by atoms with van der Waals surface area (Å²) in [6, 6.07) is 5.19. The fourth-order valence-corrected chi connectivity index (χ4v) is 1.93. The van der Waals surface area contributed by atoms with E-state index >= 15 is 0 Å². The van der Waals surface area contributed by atoms with Gasteiger partial charge in [-0.25, -0.2) is 0 Å². The Bertz CT molecular complexity index is 456. The Morgan fingerprint density at radius 3 is 2.56 bits per heavy atom. The van der Waals surface area contributed by atoms with Crippen molar-refractivity contribution in [1.29, 1.82) is 0 Å². The molecule has 0 aliphatic heterocycles. The maximum Gasteiger partial charge on any atom is 0.308 e. The van der Waals surface area contributed by atoms with E-state index in [1.807, 2.05) is 0 Å². The van der Waals surface area contributed by atoms with E-state index < -0.39 is 11.9 Å². The first kappa shape index (κ1) is 14.7. The number of ketones is 1. The second kappa shape index (κ2) is 6.54. The lowest BCUT2D eigenvalue weighted by Gasteiger charge is -2.11. The van der Waals surface area contributed by atoms with Gasteiger partial charge in [0.2, 0.25) is 0 Å². The number of hydrogen-bond donors (Lipinski definition) is 0. The predicted octanol–water partition coefficient (Wildman–Crippen LogP) is 2.84. The van der Waals surface area contributed by atoms with Gasteiger partial charge < -0.3 is 9.47 Å². The number of rotatable bonds is 5. The van der Waals surface area contributed by atoms with Crippen LogP contribution in [0.2, 0.25) is 0 Å². The third-order valence-electron chi connectivity index (χ3n) is 2.56. The van der Waals surface area contributed by atoms with Gasteiger partial charge in [-0.05, 0) is 18.2 Å². The van der Waals surface area contributed by atoms with Crippen molar-refractivity contribution in [3.05, 3.63) is 28.2 Å². The van der Waals surface area contributed by atoms with Crippen LogP contribution in [0.3, 0.4) is 0 Å². The van der Waals surface area contributed by atoms with E-state index in [0.717, 1.165) is 4.47 Å². The summed E-state index contributed by atoms with van der Waals surface area (Å²) in [6.45, 7) is 1.66. The van der Waals surface area contributed by atoms with E-state index in [0.29, 0.717) is 11.3 Å². The monoisotopic (exact) mass is 314 g/mol. The van der Waals surface area contributed by atoms with E-state index in [1.165, 1.54) is 14.2 Å². The number of carbonyl (C=O) groups is 2. The highest BCUT2D eigenvalue weighted by Crippen LogP contribution is 2.25. The van der Waals surface area contributed by atoms with Gasteiger partial charge in [-0.3, -0.25) is 9.59 Å². The summed E-state index contributed by atoms with van der Waals surface area (Å²) < 4.78 is 10.5. The highest BCUT2D eigenvalue weighted by atomic mass is 79.9. The molecule has 0 aromatic heterocycles. The largest absolute Gasteiger partial charge is 0.496 e. The average molecular weight is 315 g/mol. The molecule has 0 bridgehead atoms. The minimum absolute atomic E-state index is 0.0967. The van der Waals surface area contributed by atoms with Crippen LogP contribution in [0.25, 0.3) is 0 Å². The van der Waals surface area contributed by atoms with Gasteiger partial charge in [0, 0.05) is 10.9 Å². The Morgan fingerprint density at radius 1 is 1.33 bits per heavy atom. The first-order chi connectivity index (χ1) is 8.49.